The van der Waals surface area contributed by atoms with E-state index in [1.54, 1.807) is 7.11 Å². The molecule has 90 valence electrons. The molecule has 0 saturated carbocycles. The average molecular weight is 228 g/mol. The highest BCUT2D eigenvalue weighted by Gasteiger charge is 1.95. The van der Waals surface area contributed by atoms with E-state index in [0.717, 1.165) is 6.42 Å². The van der Waals surface area contributed by atoms with Gasteiger partial charge in [-0.1, -0.05) is 0 Å². The molecule has 1 heterocycles. The first-order valence-corrected chi connectivity index (χ1v) is 5.07. The van der Waals surface area contributed by atoms with Gasteiger partial charge in [-0.2, -0.15) is 5.10 Å². The fourth-order valence-corrected chi connectivity index (χ4v) is 1.06. The van der Waals surface area contributed by atoms with E-state index in [0.29, 0.717) is 32.2 Å². The zero-order valence-corrected chi connectivity index (χ0v) is 9.27. The Morgan fingerprint density at radius 1 is 1.31 bits per heavy atom. The highest BCUT2D eigenvalue weighted by atomic mass is 16.5. The Morgan fingerprint density at radius 2 is 2.19 bits per heavy atom. The van der Waals surface area contributed by atoms with Crippen molar-refractivity contribution in [1.29, 1.82) is 0 Å². The topological polar surface area (TPSA) is 73.4 Å². The summed E-state index contributed by atoms with van der Waals surface area (Å²) in [6, 6.07) is 1.35. The summed E-state index contributed by atoms with van der Waals surface area (Å²) in [6.07, 6.45) is 2.31. The zero-order valence-electron chi connectivity index (χ0n) is 9.27. The van der Waals surface area contributed by atoms with Crippen molar-refractivity contribution in [3.63, 3.8) is 0 Å². The molecule has 0 aromatic carbocycles. The molecular weight excluding hydrogens is 212 g/mol. The summed E-state index contributed by atoms with van der Waals surface area (Å²) in [5, 5.41) is 5.87. The number of hydrogen-bond acceptors (Lipinski definition) is 5. The summed E-state index contributed by atoms with van der Waals surface area (Å²) < 4.78 is 15.4. The number of nitrogens with zero attached hydrogens (tertiary/aromatic N) is 1. The predicted molar refractivity (Wildman–Crippen MR) is 57.7 cm³/mol. The Hall–Kier alpha value is -1.40. The number of rotatable bonds is 8. The van der Waals surface area contributed by atoms with Crippen molar-refractivity contribution >= 4 is 0 Å². The Morgan fingerprint density at radius 3 is 2.94 bits per heavy atom. The molecule has 0 amide bonds. The molecule has 1 aromatic heterocycles. The van der Waals surface area contributed by atoms with Crippen LogP contribution in [0.25, 0.3) is 0 Å². The number of aromatic amines is 1. The van der Waals surface area contributed by atoms with E-state index >= 15 is 0 Å². The Balaban J connectivity index is 2.05. The molecule has 0 aliphatic carbocycles. The largest absolute Gasteiger partial charge is 0.489 e. The molecule has 0 fully saturated rings. The van der Waals surface area contributed by atoms with Gasteiger partial charge in [0.1, 0.15) is 12.4 Å². The van der Waals surface area contributed by atoms with E-state index in [-0.39, 0.29) is 5.56 Å². The number of H-pyrrole nitrogens is 1. The minimum absolute atomic E-state index is 0.279. The third kappa shape index (κ3) is 5.47. The lowest BCUT2D eigenvalue weighted by atomic mass is 10.5. The summed E-state index contributed by atoms with van der Waals surface area (Å²) in [5.41, 5.74) is -0.279. The lowest BCUT2D eigenvalue weighted by Gasteiger charge is -2.05. The van der Waals surface area contributed by atoms with Gasteiger partial charge >= 0.3 is 0 Å². The highest BCUT2D eigenvalue weighted by Crippen LogP contribution is 2.01. The summed E-state index contributed by atoms with van der Waals surface area (Å²) in [6.45, 7) is 2.22. The smallest absolute Gasteiger partial charge is 0.267 e. The maximum atomic E-state index is 10.9. The van der Waals surface area contributed by atoms with Crippen LogP contribution in [0.4, 0.5) is 0 Å². The van der Waals surface area contributed by atoms with Gasteiger partial charge in [0.2, 0.25) is 0 Å². The lowest BCUT2D eigenvalue weighted by Crippen LogP contribution is -2.11. The van der Waals surface area contributed by atoms with Crippen LogP contribution in [0, 0.1) is 0 Å². The van der Waals surface area contributed by atoms with E-state index in [4.69, 9.17) is 14.2 Å². The van der Waals surface area contributed by atoms with Crippen molar-refractivity contribution in [3.05, 3.63) is 22.6 Å². The number of nitrogens with one attached hydrogen (secondary N) is 1. The van der Waals surface area contributed by atoms with Gasteiger partial charge in [0.25, 0.3) is 5.56 Å². The van der Waals surface area contributed by atoms with Crippen molar-refractivity contribution < 1.29 is 14.2 Å². The van der Waals surface area contributed by atoms with Gasteiger partial charge in [-0.05, 0) is 6.42 Å². The van der Waals surface area contributed by atoms with Crippen LogP contribution in [0.2, 0.25) is 0 Å². The van der Waals surface area contributed by atoms with Crippen LogP contribution >= 0.6 is 0 Å². The molecule has 0 aliphatic heterocycles. The van der Waals surface area contributed by atoms with Gasteiger partial charge in [-0.25, -0.2) is 5.10 Å². The van der Waals surface area contributed by atoms with Gasteiger partial charge in [0.05, 0.1) is 12.8 Å². The first-order valence-electron chi connectivity index (χ1n) is 5.07. The quantitative estimate of drug-likeness (QED) is 0.643. The van der Waals surface area contributed by atoms with E-state index in [9.17, 15) is 4.79 Å². The van der Waals surface area contributed by atoms with Crippen molar-refractivity contribution in [3.8, 4) is 5.75 Å². The van der Waals surface area contributed by atoms with Gasteiger partial charge < -0.3 is 14.2 Å². The molecule has 0 spiro atoms. The fraction of sp³-hybridized carbons (Fsp3) is 0.600. The van der Waals surface area contributed by atoms with Crippen LogP contribution in [0.1, 0.15) is 6.42 Å². The summed E-state index contributed by atoms with van der Waals surface area (Å²) in [7, 11) is 1.66. The Kier molecular flexibility index (Phi) is 6.20. The average Bonchev–Trinajstić information content (AvgIpc) is 2.28. The van der Waals surface area contributed by atoms with E-state index in [2.05, 4.69) is 10.2 Å². The third-order valence-electron chi connectivity index (χ3n) is 1.77. The molecule has 0 unspecified atom stereocenters. The molecule has 0 saturated heterocycles. The maximum Gasteiger partial charge on any atom is 0.267 e. The Labute approximate surface area is 93.5 Å². The number of methoxy groups -OCH3 is 1. The predicted octanol–water partition coefficient (Wildman–Crippen LogP) is 0.202. The third-order valence-corrected chi connectivity index (χ3v) is 1.77. The number of aromatic nitrogens is 2. The van der Waals surface area contributed by atoms with E-state index < -0.39 is 0 Å². The van der Waals surface area contributed by atoms with E-state index in [1.807, 2.05) is 0 Å². The van der Waals surface area contributed by atoms with Crippen LogP contribution in [0.3, 0.4) is 0 Å². The monoisotopic (exact) mass is 228 g/mol. The van der Waals surface area contributed by atoms with Crippen LogP contribution in [-0.4, -0.2) is 43.7 Å². The van der Waals surface area contributed by atoms with Crippen LogP contribution in [0.15, 0.2) is 17.1 Å². The molecule has 0 bridgehead atoms. The number of ether oxygens (including phenoxy) is 3. The minimum Gasteiger partial charge on any atom is -0.489 e. The van der Waals surface area contributed by atoms with Gasteiger partial charge in [0, 0.05) is 26.4 Å². The van der Waals surface area contributed by atoms with Crippen molar-refractivity contribution in [2.24, 2.45) is 0 Å². The van der Waals surface area contributed by atoms with Gasteiger partial charge in [0.15, 0.2) is 0 Å². The van der Waals surface area contributed by atoms with Crippen LogP contribution < -0.4 is 10.3 Å². The standard InChI is InChI=1S/C10H16N2O4/c1-14-3-2-4-15-5-6-16-9-7-10(13)12-11-8-9/h7-8H,2-6H2,1H3,(H,12,13). The zero-order chi connectivity index (χ0) is 11.6. The molecule has 0 radical (unpaired) electrons. The maximum absolute atomic E-state index is 10.9. The molecule has 1 N–H and O–H groups in total. The molecule has 6 nitrogen and oxygen atoms in total. The number of hydrogen-bond donors (Lipinski definition) is 1. The Bertz CT molecular complexity index is 340. The van der Waals surface area contributed by atoms with E-state index in [1.165, 1.54) is 12.3 Å². The van der Waals surface area contributed by atoms with Crippen LogP contribution in [0.5, 0.6) is 5.75 Å². The molecule has 0 aliphatic rings. The first kappa shape index (κ1) is 12.7. The van der Waals surface area contributed by atoms with Crippen molar-refractivity contribution in [2.75, 3.05) is 33.5 Å². The summed E-state index contributed by atoms with van der Waals surface area (Å²) in [4.78, 5) is 10.9. The minimum atomic E-state index is -0.279. The molecule has 6 heteroatoms. The van der Waals surface area contributed by atoms with Crippen molar-refractivity contribution in [2.45, 2.75) is 6.42 Å². The van der Waals surface area contributed by atoms with Gasteiger partial charge in [-0.15, -0.1) is 0 Å². The molecule has 1 rings (SSSR count). The molecule has 1 aromatic rings. The SMILES string of the molecule is COCCCOCCOc1cn[nH]c(=O)c1. The van der Waals surface area contributed by atoms with Gasteiger partial charge in [-0.3, -0.25) is 4.79 Å². The first-order chi connectivity index (χ1) is 7.83. The fourth-order valence-electron chi connectivity index (χ4n) is 1.06. The second kappa shape index (κ2) is 7.84. The van der Waals surface area contributed by atoms with Crippen molar-refractivity contribution in [1.82, 2.24) is 10.2 Å². The summed E-state index contributed by atoms with van der Waals surface area (Å²) >= 11 is 0. The normalized spacial score (nSPS) is 10.3. The second-order valence-corrected chi connectivity index (χ2v) is 3.09. The lowest BCUT2D eigenvalue weighted by molar-refractivity contribution is 0.0805. The van der Waals surface area contributed by atoms with Crippen LogP contribution in [-0.2, 0) is 9.47 Å². The molecule has 16 heavy (non-hydrogen) atoms. The highest BCUT2D eigenvalue weighted by molar-refractivity contribution is 5.12. The molecule has 0 atom stereocenters. The second-order valence-electron chi connectivity index (χ2n) is 3.09. The summed E-state index contributed by atoms with van der Waals surface area (Å²) in [5.74, 6) is 0.448. The molecular formula is C10H16N2O4.